The molecule has 3 nitrogen and oxygen atoms in total. The monoisotopic (exact) mass is 217 g/mol. The fourth-order valence-corrected chi connectivity index (χ4v) is 1.93. The Hall–Kier alpha value is -0.483. The van der Waals surface area contributed by atoms with Gasteiger partial charge in [0.2, 0.25) is 8.32 Å². The van der Waals surface area contributed by atoms with Crippen molar-refractivity contribution in [3.63, 3.8) is 0 Å². The summed E-state index contributed by atoms with van der Waals surface area (Å²) >= 11 is 0. The lowest BCUT2D eigenvalue weighted by Crippen LogP contribution is -2.27. The van der Waals surface area contributed by atoms with Gasteiger partial charge in [0, 0.05) is 12.1 Å². The van der Waals surface area contributed by atoms with Crippen molar-refractivity contribution in [2.45, 2.75) is 26.6 Å². The van der Waals surface area contributed by atoms with E-state index in [4.69, 9.17) is 9.16 Å². The molecule has 0 aliphatic heterocycles. The molecular formula is C10H23NO2Si. The highest BCUT2D eigenvalue weighted by atomic mass is 28.4. The number of methoxy groups -OCH3 is 1. The molecule has 0 N–H and O–H groups in total. The highest BCUT2D eigenvalue weighted by molar-refractivity contribution is 6.70. The van der Waals surface area contributed by atoms with E-state index in [2.05, 4.69) is 24.5 Å². The summed E-state index contributed by atoms with van der Waals surface area (Å²) < 4.78 is 11.1. The quantitative estimate of drug-likeness (QED) is 0.521. The summed E-state index contributed by atoms with van der Waals surface area (Å²) in [6, 6.07) is 0. The zero-order valence-electron chi connectivity index (χ0n) is 10.5. The van der Waals surface area contributed by atoms with Crippen LogP contribution in [0.3, 0.4) is 0 Å². The molecular weight excluding hydrogens is 194 g/mol. The summed E-state index contributed by atoms with van der Waals surface area (Å²) in [6.45, 7) is 9.35. The van der Waals surface area contributed by atoms with E-state index in [0.717, 1.165) is 12.1 Å². The Morgan fingerprint density at radius 2 is 1.71 bits per heavy atom. The molecule has 0 saturated carbocycles. The molecule has 0 rings (SSSR count). The number of likely N-dealkylation sites (N-methyl/N-ethyl adjacent to an activating group) is 1. The van der Waals surface area contributed by atoms with Crippen LogP contribution in [-0.4, -0.2) is 41.0 Å². The number of nitrogens with zero attached hydrogens (tertiary/aromatic N) is 1. The highest BCUT2D eigenvalue weighted by Crippen LogP contribution is 2.14. The largest absolute Gasteiger partial charge is 0.520 e. The van der Waals surface area contributed by atoms with Crippen LogP contribution in [0.4, 0.5) is 0 Å². The lowest BCUT2D eigenvalue weighted by Gasteiger charge is -2.23. The third kappa shape index (κ3) is 6.04. The second kappa shape index (κ2) is 5.41. The van der Waals surface area contributed by atoms with Gasteiger partial charge < -0.3 is 14.1 Å². The lowest BCUT2D eigenvalue weighted by atomic mass is 10.3. The molecule has 0 aliphatic rings. The van der Waals surface area contributed by atoms with Crippen LogP contribution in [0, 0.1) is 0 Å². The zero-order valence-corrected chi connectivity index (χ0v) is 11.5. The SMILES string of the molecule is COC(O[Si](C)(C)C)=C(C)CN(C)C. The van der Waals surface area contributed by atoms with Crippen molar-refractivity contribution < 1.29 is 9.16 Å². The second-order valence-corrected chi connectivity index (χ2v) is 9.15. The van der Waals surface area contributed by atoms with Gasteiger partial charge in [-0.05, 0) is 40.7 Å². The van der Waals surface area contributed by atoms with Gasteiger partial charge in [-0.25, -0.2) is 0 Å². The molecule has 0 aromatic rings. The van der Waals surface area contributed by atoms with Gasteiger partial charge in [0.15, 0.2) is 0 Å². The smallest absolute Gasteiger partial charge is 0.265 e. The van der Waals surface area contributed by atoms with Crippen LogP contribution in [0.1, 0.15) is 6.92 Å². The molecule has 0 bridgehead atoms. The van der Waals surface area contributed by atoms with E-state index in [-0.39, 0.29) is 0 Å². The van der Waals surface area contributed by atoms with Crippen molar-refractivity contribution in [1.29, 1.82) is 0 Å². The van der Waals surface area contributed by atoms with Gasteiger partial charge in [-0.2, -0.15) is 0 Å². The van der Waals surface area contributed by atoms with Crippen molar-refractivity contribution in [1.82, 2.24) is 4.90 Å². The van der Waals surface area contributed by atoms with Crippen LogP contribution in [0.5, 0.6) is 0 Å². The number of rotatable bonds is 5. The van der Waals surface area contributed by atoms with E-state index >= 15 is 0 Å². The van der Waals surface area contributed by atoms with Crippen molar-refractivity contribution in [3.8, 4) is 0 Å². The van der Waals surface area contributed by atoms with Gasteiger partial charge in [0.1, 0.15) is 0 Å². The Labute approximate surface area is 88.8 Å². The maximum Gasteiger partial charge on any atom is 0.265 e. The molecule has 0 saturated heterocycles. The first-order chi connectivity index (χ1) is 6.26. The van der Waals surface area contributed by atoms with E-state index < -0.39 is 8.32 Å². The predicted octanol–water partition coefficient (Wildman–Crippen LogP) is 2.28. The van der Waals surface area contributed by atoms with E-state index in [0.29, 0.717) is 5.95 Å². The number of ether oxygens (including phenoxy) is 1. The molecule has 0 aromatic carbocycles. The van der Waals surface area contributed by atoms with Crippen LogP contribution >= 0.6 is 0 Å². The van der Waals surface area contributed by atoms with Gasteiger partial charge in [-0.1, -0.05) is 0 Å². The first-order valence-electron chi connectivity index (χ1n) is 4.83. The average molecular weight is 217 g/mol. The molecule has 14 heavy (non-hydrogen) atoms. The van der Waals surface area contributed by atoms with Crippen molar-refractivity contribution in [2.75, 3.05) is 27.7 Å². The van der Waals surface area contributed by atoms with Crippen LogP contribution in [0.15, 0.2) is 11.5 Å². The van der Waals surface area contributed by atoms with Gasteiger partial charge in [0.05, 0.1) is 7.11 Å². The minimum atomic E-state index is -1.56. The van der Waals surface area contributed by atoms with Gasteiger partial charge >= 0.3 is 0 Å². The Bertz CT molecular complexity index is 207. The molecule has 0 atom stereocenters. The van der Waals surface area contributed by atoms with Crippen LogP contribution in [-0.2, 0) is 9.16 Å². The lowest BCUT2D eigenvalue weighted by molar-refractivity contribution is 0.139. The van der Waals surface area contributed by atoms with Crippen molar-refractivity contribution in [2.24, 2.45) is 0 Å². The first kappa shape index (κ1) is 13.5. The normalized spacial score (nSPS) is 14.0. The third-order valence-electron chi connectivity index (χ3n) is 1.49. The Kier molecular flexibility index (Phi) is 5.22. The van der Waals surface area contributed by atoms with Crippen LogP contribution < -0.4 is 0 Å². The average Bonchev–Trinajstić information content (AvgIpc) is 1.96. The van der Waals surface area contributed by atoms with Crippen molar-refractivity contribution >= 4 is 8.32 Å². The first-order valence-corrected chi connectivity index (χ1v) is 8.24. The fraction of sp³-hybridized carbons (Fsp3) is 0.800. The summed E-state index contributed by atoms with van der Waals surface area (Å²) in [4.78, 5) is 2.10. The molecule has 0 fully saturated rings. The Balaban J connectivity index is 4.51. The molecule has 0 amide bonds. The third-order valence-corrected chi connectivity index (χ3v) is 2.28. The van der Waals surface area contributed by atoms with Crippen LogP contribution in [0.25, 0.3) is 0 Å². The fourth-order valence-electron chi connectivity index (χ4n) is 1.12. The zero-order chi connectivity index (χ0) is 11.4. The van der Waals surface area contributed by atoms with Crippen LogP contribution in [0.2, 0.25) is 19.6 Å². The maximum atomic E-state index is 5.82. The molecule has 0 unspecified atom stereocenters. The molecule has 0 radical (unpaired) electrons. The summed E-state index contributed by atoms with van der Waals surface area (Å²) in [7, 11) is 4.17. The number of hydrogen-bond donors (Lipinski definition) is 0. The summed E-state index contributed by atoms with van der Waals surface area (Å²) in [6.07, 6.45) is 0. The Morgan fingerprint density at radius 3 is 2.00 bits per heavy atom. The second-order valence-electron chi connectivity index (χ2n) is 4.72. The molecule has 84 valence electrons. The molecule has 4 heteroatoms. The molecule has 0 spiro atoms. The van der Waals surface area contributed by atoms with Crippen molar-refractivity contribution in [3.05, 3.63) is 11.5 Å². The highest BCUT2D eigenvalue weighted by Gasteiger charge is 2.19. The molecule has 0 aliphatic carbocycles. The summed E-state index contributed by atoms with van der Waals surface area (Å²) in [5.74, 6) is 0.692. The Morgan fingerprint density at radius 1 is 1.21 bits per heavy atom. The minimum absolute atomic E-state index is 0.692. The summed E-state index contributed by atoms with van der Waals surface area (Å²) in [5.41, 5.74) is 1.14. The molecule has 0 aromatic heterocycles. The predicted molar refractivity (Wildman–Crippen MR) is 62.7 cm³/mol. The topological polar surface area (TPSA) is 21.7 Å². The van der Waals surface area contributed by atoms with Gasteiger partial charge in [-0.3, -0.25) is 0 Å². The van der Waals surface area contributed by atoms with E-state index in [1.165, 1.54) is 0 Å². The molecule has 0 heterocycles. The van der Waals surface area contributed by atoms with Gasteiger partial charge in [-0.15, -0.1) is 0 Å². The number of hydrogen-bond acceptors (Lipinski definition) is 3. The standard InChI is InChI=1S/C10H23NO2Si/c1-9(8-11(2)3)10(12-4)13-14(5,6)7/h8H2,1-7H3. The minimum Gasteiger partial charge on any atom is -0.520 e. The van der Waals surface area contributed by atoms with E-state index in [1.54, 1.807) is 7.11 Å². The van der Waals surface area contributed by atoms with Gasteiger partial charge in [0.25, 0.3) is 5.95 Å². The van der Waals surface area contributed by atoms with E-state index in [9.17, 15) is 0 Å². The maximum absolute atomic E-state index is 5.82. The van der Waals surface area contributed by atoms with E-state index in [1.807, 2.05) is 21.0 Å². The summed E-state index contributed by atoms with van der Waals surface area (Å²) in [5, 5.41) is 0.